The molecule has 1 N–H and O–H groups in total. The molecule has 0 aromatic heterocycles. The van der Waals surface area contributed by atoms with Crippen molar-refractivity contribution in [1.82, 2.24) is 5.32 Å². The van der Waals surface area contributed by atoms with Crippen molar-refractivity contribution in [2.24, 2.45) is 5.16 Å². The molecule has 28 heavy (non-hydrogen) atoms. The van der Waals surface area contributed by atoms with E-state index in [-0.39, 0.29) is 17.2 Å². The summed E-state index contributed by atoms with van der Waals surface area (Å²) in [6.45, 7) is 0.0390. The number of hydrogen-bond acceptors (Lipinski definition) is 5. The van der Waals surface area contributed by atoms with Gasteiger partial charge >= 0.3 is 5.97 Å². The topological polar surface area (TPSA) is 77.0 Å². The molecule has 2 aromatic carbocycles. The van der Waals surface area contributed by atoms with Crippen molar-refractivity contribution in [1.29, 1.82) is 0 Å². The molecule has 0 aliphatic carbocycles. The highest BCUT2D eigenvalue weighted by Gasteiger charge is 2.22. The second-order valence-corrected chi connectivity index (χ2v) is 7.05. The molecule has 2 aromatic rings. The molecule has 0 radical (unpaired) electrons. The van der Waals surface area contributed by atoms with Gasteiger partial charge in [0.2, 0.25) is 0 Å². The van der Waals surface area contributed by atoms with Crippen LogP contribution in [-0.4, -0.2) is 31.2 Å². The first-order chi connectivity index (χ1) is 13.3. The van der Waals surface area contributed by atoms with Gasteiger partial charge in [-0.15, -0.1) is 0 Å². The first kappa shape index (κ1) is 22.3. The summed E-state index contributed by atoms with van der Waals surface area (Å²) in [4.78, 5) is 29.4. The second kappa shape index (κ2) is 10.5. The molecule has 2 rings (SSSR count). The van der Waals surface area contributed by atoms with Crippen molar-refractivity contribution in [3.8, 4) is 0 Å². The number of benzene rings is 2. The SMILES string of the molecule is COC(=O)C(C=NOCc1ccc(Cl)cc1Cl)NC(=O)c1ccc(Cl)cc1Cl. The molecule has 148 valence electrons. The molecule has 0 aliphatic heterocycles. The molecular formula is C18H14Cl4N2O4. The summed E-state index contributed by atoms with van der Waals surface area (Å²) < 4.78 is 4.66. The van der Waals surface area contributed by atoms with E-state index < -0.39 is 17.9 Å². The number of methoxy groups -OCH3 is 1. The largest absolute Gasteiger partial charge is 0.467 e. The smallest absolute Gasteiger partial charge is 0.334 e. The zero-order valence-electron chi connectivity index (χ0n) is 14.4. The van der Waals surface area contributed by atoms with E-state index in [0.717, 1.165) is 6.21 Å². The van der Waals surface area contributed by atoms with Gasteiger partial charge in [0.05, 0.1) is 23.9 Å². The van der Waals surface area contributed by atoms with Crippen LogP contribution in [0.5, 0.6) is 0 Å². The normalized spacial score (nSPS) is 11.9. The number of carbonyl (C=O) groups excluding carboxylic acids is 2. The minimum absolute atomic E-state index is 0.0390. The summed E-state index contributed by atoms with van der Waals surface area (Å²) in [7, 11) is 1.18. The summed E-state index contributed by atoms with van der Waals surface area (Å²) in [6.07, 6.45) is 1.09. The molecule has 6 nitrogen and oxygen atoms in total. The lowest BCUT2D eigenvalue weighted by molar-refractivity contribution is -0.140. The molecular weight excluding hydrogens is 450 g/mol. The maximum Gasteiger partial charge on any atom is 0.334 e. The van der Waals surface area contributed by atoms with Crippen LogP contribution in [0.3, 0.4) is 0 Å². The fourth-order valence-corrected chi connectivity index (χ4v) is 2.98. The van der Waals surface area contributed by atoms with E-state index in [0.29, 0.717) is 20.6 Å². The molecule has 0 fully saturated rings. The quantitative estimate of drug-likeness (QED) is 0.364. The molecule has 1 amide bonds. The van der Waals surface area contributed by atoms with Gasteiger partial charge in [-0.2, -0.15) is 0 Å². The summed E-state index contributed by atoms with van der Waals surface area (Å²) in [5, 5.41) is 7.57. The maximum absolute atomic E-state index is 12.4. The van der Waals surface area contributed by atoms with Crippen molar-refractivity contribution in [3.63, 3.8) is 0 Å². The van der Waals surface area contributed by atoms with Crippen molar-refractivity contribution >= 4 is 64.5 Å². The highest BCUT2D eigenvalue weighted by molar-refractivity contribution is 6.37. The lowest BCUT2D eigenvalue weighted by Crippen LogP contribution is -2.42. The van der Waals surface area contributed by atoms with Crippen LogP contribution in [0.2, 0.25) is 20.1 Å². The second-order valence-electron chi connectivity index (χ2n) is 5.36. The summed E-state index contributed by atoms with van der Waals surface area (Å²) in [6, 6.07) is 8.07. The van der Waals surface area contributed by atoms with Gasteiger partial charge in [-0.25, -0.2) is 4.79 Å². The molecule has 0 saturated carbocycles. The van der Waals surface area contributed by atoms with Gasteiger partial charge in [-0.3, -0.25) is 4.79 Å². The third kappa shape index (κ3) is 6.27. The Morgan fingerprint density at radius 1 is 1.07 bits per heavy atom. The van der Waals surface area contributed by atoms with E-state index in [2.05, 4.69) is 15.2 Å². The van der Waals surface area contributed by atoms with Crippen LogP contribution >= 0.6 is 46.4 Å². The van der Waals surface area contributed by atoms with Crippen LogP contribution in [-0.2, 0) is 21.0 Å². The van der Waals surface area contributed by atoms with Crippen LogP contribution < -0.4 is 5.32 Å². The summed E-state index contributed by atoms with van der Waals surface area (Å²) in [5.41, 5.74) is 0.789. The number of esters is 1. The maximum atomic E-state index is 12.4. The van der Waals surface area contributed by atoms with Crippen LogP contribution in [0.15, 0.2) is 41.6 Å². The molecule has 0 spiro atoms. The van der Waals surface area contributed by atoms with Crippen molar-refractivity contribution < 1.29 is 19.2 Å². The minimum atomic E-state index is -1.19. The number of nitrogens with one attached hydrogen (secondary N) is 1. The standard InChI is InChI=1S/C18H14Cl4N2O4/c1-27-18(26)16(24-17(25)13-5-4-12(20)7-15(13)22)8-23-28-9-10-2-3-11(19)6-14(10)21/h2-8,16H,9H2,1H3,(H,24,25). The monoisotopic (exact) mass is 462 g/mol. The highest BCUT2D eigenvalue weighted by Crippen LogP contribution is 2.22. The number of nitrogens with zero attached hydrogens (tertiary/aromatic N) is 1. The number of amides is 1. The van der Waals surface area contributed by atoms with Crippen LogP contribution in [0.4, 0.5) is 0 Å². The third-order valence-electron chi connectivity index (χ3n) is 3.44. The third-order valence-corrected chi connectivity index (χ3v) is 4.57. The molecule has 0 aliphatic rings. The number of ether oxygens (including phenoxy) is 1. The average Bonchev–Trinajstić information content (AvgIpc) is 2.64. The van der Waals surface area contributed by atoms with Gasteiger partial charge in [-0.1, -0.05) is 57.6 Å². The Labute approximate surface area is 181 Å². The van der Waals surface area contributed by atoms with Crippen molar-refractivity contribution in [2.45, 2.75) is 12.6 Å². The Kier molecular flexibility index (Phi) is 8.38. The molecule has 10 heteroatoms. The fourth-order valence-electron chi connectivity index (χ4n) is 2.03. The zero-order chi connectivity index (χ0) is 20.7. The number of carbonyl (C=O) groups is 2. The molecule has 1 unspecified atom stereocenters. The molecule has 0 heterocycles. The van der Waals surface area contributed by atoms with Crippen LogP contribution in [0.25, 0.3) is 0 Å². The first-order valence-electron chi connectivity index (χ1n) is 7.75. The van der Waals surface area contributed by atoms with Gasteiger partial charge < -0.3 is 14.9 Å². The fraction of sp³-hybridized carbons (Fsp3) is 0.167. The van der Waals surface area contributed by atoms with Gasteiger partial charge in [-0.05, 0) is 30.3 Å². The van der Waals surface area contributed by atoms with Gasteiger partial charge in [0, 0.05) is 20.6 Å². The van der Waals surface area contributed by atoms with Crippen molar-refractivity contribution in [2.75, 3.05) is 7.11 Å². The number of hydrogen-bond donors (Lipinski definition) is 1. The first-order valence-corrected chi connectivity index (χ1v) is 9.26. The minimum Gasteiger partial charge on any atom is -0.467 e. The Balaban J connectivity index is 2.03. The summed E-state index contributed by atoms with van der Waals surface area (Å²) >= 11 is 23.7. The lowest BCUT2D eigenvalue weighted by atomic mass is 10.2. The zero-order valence-corrected chi connectivity index (χ0v) is 17.4. The van der Waals surface area contributed by atoms with Gasteiger partial charge in [0.15, 0.2) is 6.04 Å². The van der Waals surface area contributed by atoms with Crippen LogP contribution in [0, 0.1) is 0 Å². The number of oxime groups is 1. The number of halogens is 4. The predicted octanol–water partition coefficient (Wildman–Crippen LogP) is 4.77. The Hall–Kier alpha value is -1.99. The van der Waals surface area contributed by atoms with E-state index in [1.165, 1.54) is 25.3 Å². The van der Waals surface area contributed by atoms with E-state index in [1.807, 2.05) is 0 Å². The van der Waals surface area contributed by atoms with E-state index in [9.17, 15) is 9.59 Å². The van der Waals surface area contributed by atoms with E-state index in [1.54, 1.807) is 18.2 Å². The molecule has 0 saturated heterocycles. The van der Waals surface area contributed by atoms with E-state index in [4.69, 9.17) is 51.2 Å². The average molecular weight is 464 g/mol. The Bertz CT molecular complexity index is 905. The lowest BCUT2D eigenvalue weighted by Gasteiger charge is -2.13. The van der Waals surface area contributed by atoms with Crippen LogP contribution in [0.1, 0.15) is 15.9 Å². The van der Waals surface area contributed by atoms with Crippen molar-refractivity contribution in [3.05, 3.63) is 67.6 Å². The Morgan fingerprint density at radius 2 is 1.71 bits per heavy atom. The Morgan fingerprint density at radius 3 is 2.32 bits per heavy atom. The van der Waals surface area contributed by atoms with Gasteiger partial charge in [0.25, 0.3) is 5.91 Å². The van der Waals surface area contributed by atoms with E-state index >= 15 is 0 Å². The predicted molar refractivity (Wildman–Crippen MR) is 109 cm³/mol. The molecule has 0 bridgehead atoms. The molecule has 1 atom stereocenters. The number of rotatable bonds is 7. The summed E-state index contributed by atoms with van der Waals surface area (Å²) in [5.74, 6) is -1.35. The highest BCUT2D eigenvalue weighted by atomic mass is 35.5. The van der Waals surface area contributed by atoms with Gasteiger partial charge in [0.1, 0.15) is 6.61 Å².